The quantitative estimate of drug-likeness (QED) is 0.637. The van der Waals surface area contributed by atoms with Gasteiger partial charge in [0.05, 0.1) is 11.0 Å². The molecule has 1 fully saturated rings. The van der Waals surface area contributed by atoms with Crippen LogP contribution in [0.1, 0.15) is 49.0 Å². The van der Waals surface area contributed by atoms with E-state index < -0.39 is 0 Å². The topological polar surface area (TPSA) is 55.4 Å². The lowest BCUT2D eigenvalue weighted by Crippen LogP contribution is -2.43. The fraction of sp³-hybridized carbons (Fsp3) is 0.417. The van der Waals surface area contributed by atoms with Crippen molar-refractivity contribution in [3.05, 3.63) is 71.8 Å². The zero-order chi connectivity index (χ0) is 20.5. The van der Waals surface area contributed by atoms with Gasteiger partial charge < -0.3 is 10.1 Å². The third-order valence-electron chi connectivity index (χ3n) is 5.39. The molecule has 0 heterocycles. The van der Waals surface area contributed by atoms with Crippen LogP contribution in [0.25, 0.3) is 0 Å². The Morgan fingerprint density at radius 3 is 2.17 bits per heavy atom. The largest absolute Gasteiger partial charge is 0.455 e. The van der Waals surface area contributed by atoms with Gasteiger partial charge in [-0.2, -0.15) is 0 Å². The summed E-state index contributed by atoms with van der Waals surface area (Å²) >= 11 is 1.52. The second-order valence-corrected chi connectivity index (χ2v) is 8.70. The number of hydrogen-bond donors (Lipinski definition) is 1. The van der Waals surface area contributed by atoms with E-state index >= 15 is 0 Å². The number of carbonyl (C=O) groups excluding carboxylic acids is 2. The maximum Gasteiger partial charge on any atom is 0.316 e. The lowest BCUT2D eigenvalue weighted by molar-refractivity contribution is -0.146. The minimum atomic E-state index is -0.362. The highest BCUT2D eigenvalue weighted by molar-refractivity contribution is 8.00. The summed E-state index contributed by atoms with van der Waals surface area (Å²) in [6.45, 7) is 1.96. The summed E-state index contributed by atoms with van der Waals surface area (Å²) in [6, 6.07) is 20.4. The van der Waals surface area contributed by atoms with E-state index in [1.54, 1.807) is 0 Å². The molecular formula is C24H29NO3S. The number of amides is 1. The summed E-state index contributed by atoms with van der Waals surface area (Å²) in [5.74, 6) is 0.113. The summed E-state index contributed by atoms with van der Waals surface area (Å²) in [5, 5.41) is 3.06. The van der Waals surface area contributed by atoms with Crippen molar-refractivity contribution in [3.63, 3.8) is 0 Å². The molecule has 5 heteroatoms. The number of ether oxygens (including phenoxy) is 1. The highest BCUT2D eigenvalue weighted by Crippen LogP contribution is 2.35. The molecule has 2 aromatic carbocycles. The summed E-state index contributed by atoms with van der Waals surface area (Å²) < 4.78 is 5.23. The van der Waals surface area contributed by atoms with E-state index in [1.807, 2.05) is 36.4 Å². The molecule has 4 nitrogen and oxygen atoms in total. The number of rotatable bonds is 8. The van der Waals surface area contributed by atoms with Crippen LogP contribution < -0.4 is 5.32 Å². The van der Waals surface area contributed by atoms with Crippen LogP contribution in [0.4, 0.5) is 0 Å². The molecule has 0 unspecified atom stereocenters. The first kappa shape index (κ1) is 21.4. The SMILES string of the molecule is C[C@@H]1CCCC[C@H]1NC(=O)COC(=O)CSC(c1ccccc1)c1ccccc1. The average molecular weight is 412 g/mol. The van der Waals surface area contributed by atoms with Gasteiger partial charge in [-0.3, -0.25) is 9.59 Å². The standard InChI is InChI=1S/C24H29NO3S/c1-18-10-8-9-15-21(18)25-22(26)16-28-23(27)17-29-24(19-11-4-2-5-12-19)20-13-6-3-7-14-20/h2-7,11-14,18,21,24H,8-10,15-17H2,1H3,(H,25,26)/t18-,21-/m1/s1. The normalized spacial score (nSPS) is 19.0. The minimum Gasteiger partial charge on any atom is -0.455 e. The van der Waals surface area contributed by atoms with Crippen LogP contribution in [-0.4, -0.2) is 30.3 Å². The van der Waals surface area contributed by atoms with Crippen molar-refractivity contribution in [3.8, 4) is 0 Å². The van der Waals surface area contributed by atoms with E-state index in [9.17, 15) is 9.59 Å². The minimum absolute atomic E-state index is 0.0434. The zero-order valence-electron chi connectivity index (χ0n) is 16.9. The molecule has 0 aliphatic heterocycles. The molecular weight excluding hydrogens is 382 g/mol. The Hall–Kier alpha value is -2.27. The van der Waals surface area contributed by atoms with Crippen LogP contribution >= 0.6 is 11.8 Å². The zero-order valence-corrected chi connectivity index (χ0v) is 17.7. The molecule has 29 heavy (non-hydrogen) atoms. The van der Waals surface area contributed by atoms with Crippen molar-refractivity contribution < 1.29 is 14.3 Å². The average Bonchev–Trinajstić information content (AvgIpc) is 2.75. The first-order chi connectivity index (χ1) is 14.1. The Balaban J connectivity index is 1.49. The van der Waals surface area contributed by atoms with Crippen LogP contribution in [-0.2, 0) is 14.3 Å². The van der Waals surface area contributed by atoms with Crippen molar-refractivity contribution in [2.45, 2.75) is 43.9 Å². The molecule has 1 saturated carbocycles. The van der Waals surface area contributed by atoms with Gasteiger partial charge in [0.25, 0.3) is 5.91 Å². The fourth-order valence-electron chi connectivity index (χ4n) is 3.76. The van der Waals surface area contributed by atoms with E-state index in [0.717, 1.165) is 30.4 Å². The Morgan fingerprint density at radius 2 is 1.59 bits per heavy atom. The molecule has 0 radical (unpaired) electrons. The molecule has 3 rings (SSSR count). The maximum atomic E-state index is 12.2. The van der Waals surface area contributed by atoms with Gasteiger partial charge >= 0.3 is 5.97 Å². The number of nitrogens with one attached hydrogen (secondary N) is 1. The van der Waals surface area contributed by atoms with Crippen molar-refractivity contribution in [2.24, 2.45) is 5.92 Å². The van der Waals surface area contributed by atoms with Gasteiger partial charge in [-0.25, -0.2) is 0 Å². The molecule has 0 saturated heterocycles. The molecule has 0 bridgehead atoms. The van der Waals surface area contributed by atoms with Gasteiger partial charge in [-0.15, -0.1) is 11.8 Å². The molecule has 0 spiro atoms. The van der Waals surface area contributed by atoms with Crippen molar-refractivity contribution >= 4 is 23.6 Å². The van der Waals surface area contributed by atoms with Gasteiger partial charge in [0.1, 0.15) is 0 Å². The van der Waals surface area contributed by atoms with Crippen LogP contribution in [0, 0.1) is 5.92 Å². The summed E-state index contributed by atoms with van der Waals surface area (Å²) in [5.41, 5.74) is 2.28. The summed E-state index contributed by atoms with van der Waals surface area (Å²) in [4.78, 5) is 24.4. The Bertz CT molecular complexity index is 742. The second kappa shape index (κ2) is 11.1. The molecule has 2 atom stereocenters. The lowest BCUT2D eigenvalue weighted by Gasteiger charge is -2.29. The molecule has 1 aliphatic carbocycles. The highest BCUT2D eigenvalue weighted by atomic mass is 32.2. The third-order valence-corrected chi connectivity index (χ3v) is 6.67. The molecule has 2 aromatic rings. The summed E-state index contributed by atoms with van der Waals surface area (Å²) in [6.07, 6.45) is 4.52. The van der Waals surface area contributed by atoms with Crippen molar-refractivity contribution in [1.29, 1.82) is 0 Å². The van der Waals surface area contributed by atoms with E-state index in [-0.39, 0.29) is 35.5 Å². The number of esters is 1. The van der Waals surface area contributed by atoms with Gasteiger partial charge in [-0.1, -0.05) is 80.4 Å². The number of hydrogen-bond acceptors (Lipinski definition) is 4. The maximum absolute atomic E-state index is 12.2. The molecule has 154 valence electrons. The monoisotopic (exact) mass is 411 g/mol. The van der Waals surface area contributed by atoms with Gasteiger partial charge in [-0.05, 0) is 29.9 Å². The highest BCUT2D eigenvalue weighted by Gasteiger charge is 2.23. The first-order valence-corrected chi connectivity index (χ1v) is 11.3. The third kappa shape index (κ3) is 6.64. The second-order valence-electron chi connectivity index (χ2n) is 7.61. The lowest BCUT2D eigenvalue weighted by atomic mass is 9.86. The van der Waals surface area contributed by atoms with Gasteiger partial charge in [0, 0.05) is 6.04 Å². The smallest absolute Gasteiger partial charge is 0.316 e. The molecule has 0 aromatic heterocycles. The predicted molar refractivity (Wildman–Crippen MR) is 118 cm³/mol. The van der Waals surface area contributed by atoms with Gasteiger partial charge in [0.15, 0.2) is 6.61 Å². The number of carbonyl (C=O) groups is 2. The van der Waals surface area contributed by atoms with E-state index in [0.29, 0.717) is 5.92 Å². The van der Waals surface area contributed by atoms with Crippen molar-refractivity contribution in [2.75, 3.05) is 12.4 Å². The van der Waals surface area contributed by atoms with Gasteiger partial charge in [0.2, 0.25) is 0 Å². The predicted octanol–water partition coefficient (Wildman–Crippen LogP) is 4.75. The summed E-state index contributed by atoms with van der Waals surface area (Å²) in [7, 11) is 0. The van der Waals surface area contributed by atoms with E-state index in [1.165, 1.54) is 18.2 Å². The Kier molecular flexibility index (Phi) is 8.17. The molecule has 1 amide bonds. The van der Waals surface area contributed by atoms with Crippen molar-refractivity contribution in [1.82, 2.24) is 5.32 Å². The fourth-order valence-corrected chi connectivity index (χ4v) is 4.84. The first-order valence-electron chi connectivity index (χ1n) is 10.3. The van der Waals surface area contributed by atoms with E-state index in [4.69, 9.17) is 4.74 Å². The number of benzene rings is 2. The Morgan fingerprint density at radius 1 is 1.00 bits per heavy atom. The van der Waals surface area contributed by atoms with E-state index in [2.05, 4.69) is 36.5 Å². The number of thioether (sulfide) groups is 1. The van der Waals surface area contributed by atoms with Crippen LogP contribution in [0.5, 0.6) is 0 Å². The molecule has 1 aliphatic rings. The van der Waals surface area contributed by atoms with Crippen LogP contribution in [0.15, 0.2) is 60.7 Å². The molecule has 1 N–H and O–H groups in total. The Labute approximate surface area is 177 Å². The van der Waals surface area contributed by atoms with Crippen LogP contribution in [0.3, 0.4) is 0 Å². The van der Waals surface area contributed by atoms with Crippen LogP contribution in [0.2, 0.25) is 0 Å².